The standard InChI is InChI=1S/C14H14ClNOS/c1-9-4-7-13(18-9)10-5-6-11(12(15)8-10)14(2,3)16-17/h4-8H,1-3H3. The normalized spacial score (nSPS) is 11.6. The minimum atomic E-state index is -0.791. The first-order valence-corrected chi connectivity index (χ1v) is 6.85. The average molecular weight is 280 g/mol. The maximum absolute atomic E-state index is 10.8. The van der Waals surface area contributed by atoms with Crippen LogP contribution in [0.1, 0.15) is 24.3 Å². The highest BCUT2D eigenvalue weighted by atomic mass is 35.5. The molecule has 0 spiro atoms. The van der Waals surface area contributed by atoms with E-state index in [1.54, 1.807) is 25.2 Å². The summed E-state index contributed by atoms with van der Waals surface area (Å²) < 4.78 is 0. The maximum Gasteiger partial charge on any atom is 0.123 e. The lowest BCUT2D eigenvalue weighted by Crippen LogP contribution is -2.13. The molecule has 0 aliphatic heterocycles. The second-order valence-electron chi connectivity index (χ2n) is 4.76. The van der Waals surface area contributed by atoms with E-state index in [4.69, 9.17) is 11.6 Å². The Morgan fingerprint density at radius 3 is 2.44 bits per heavy atom. The molecular formula is C14H14ClNOS. The molecule has 2 rings (SSSR count). The Bertz CT molecular complexity index is 589. The number of nitrogens with zero attached hydrogens (tertiary/aromatic N) is 1. The van der Waals surface area contributed by atoms with E-state index in [0.717, 1.165) is 11.1 Å². The van der Waals surface area contributed by atoms with Gasteiger partial charge in [0.2, 0.25) is 0 Å². The Kier molecular flexibility index (Phi) is 3.55. The Labute approximate surface area is 116 Å². The van der Waals surface area contributed by atoms with E-state index in [1.165, 1.54) is 9.75 Å². The highest BCUT2D eigenvalue weighted by Crippen LogP contribution is 2.35. The van der Waals surface area contributed by atoms with E-state index < -0.39 is 5.54 Å². The lowest BCUT2D eigenvalue weighted by molar-refractivity contribution is 0.553. The molecule has 0 saturated carbocycles. The van der Waals surface area contributed by atoms with Crippen LogP contribution in [0.3, 0.4) is 0 Å². The van der Waals surface area contributed by atoms with Crippen molar-refractivity contribution in [3.05, 3.63) is 50.7 Å². The smallest absolute Gasteiger partial charge is 0.123 e. The number of halogens is 1. The third-order valence-corrected chi connectivity index (χ3v) is 4.24. The van der Waals surface area contributed by atoms with Crippen LogP contribution in [0, 0.1) is 11.8 Å². The summed E-state index contributed by atoms with van der Waals surface area (Å²) in [5.41, 5.74) is 1.04. The van der Waals surface area contributed by atoms with Crippen LogP contribution < -0.4 is 0 Å². The molecule has 1 heterocycles. The zero-order chi connectivity index (χ0) is 13.3. The topological polar surface area (TPSA) is 29.4 Å². The van der Waals surface area contributed by atoms with Crippen LogP contribution >= 0.6 is 22.9 Å². The number of thiophene rings is 1. The molecule has 0 N–H and O–H groups in total. The molecular weight excluding hydrogens is 266 g/mol. The number of aryl methyl sites for hydroxylation is 1. The van der Waals surface area contributed by atoms with E-state index >= 15 is 0 Å². The van der Waals surface area contributed by atoms with Gasteiger partial charge in [-0.25, -0.2) is 0 Å². The summed E-state index contributed by atoms with van der Waals surface area (Å²) in [6.45, 7) is 5.59. The summed E-state index contributed by atoms with van der Waals surface area (Å²) in [4.78, 5) is 13.3. The fourth-order valence-corrected chi connectivity index (χ4v) is 3.08. The zero-order valence-electron chi connectivity index (χ0n) is 10.5. The molecule has 2 aromatic rings. The summed E-state index contributed by atoms with van der Waals surface area (Å²) in [6.07, 6.45) is 0. The first-order chi connectivity index (χ1) is 8.44. The Hall–Kier alpha value is -1.19. The van der Waals surface area contributed by atoms with E-state index in [9.17, 15) is 4.91 Å². The summed E-state index contributed by atoms with van der Waals surface area (Å²) in [5.74, 6) is 0. The molecule has 2 nitrogen and oxygen atoms in total. The summed E-state index contributed by atoms with van der Waals surface area (Å²) in [6, 6.07) is 9.93. The van der Waals surface area contributed by atoms with Gasteiger partial charge in [-0.05, 0) is 44.5 Å². The van der Waals surface area contributed by atoms with Crippen molar-refractivity contribution in [3.63, 3.8) is 0 Å². The van der Waals surface area contributed by atoms with Gasteiger partial charge >= 0.3 is 0 Å². The van der Waals surface area contributed by atoms with Crippen LogP contribution in [-0.2, 0) is 5.54 Å². The minimum absolute atomic E-state index is 0.586. The third-order valence-electron chi connectivity index (χ3n) is 2.88. The highest BCUT2D eigenvalue weighted by molar-refractivity contribution is 7.15. The molecule has 0 fully saturated rings. The zero-order valence-corrected chi connectivity index (χ0v) is 12.1. The second-order valence-corrected chi connectivity index (χ2v) is 6.45. The molecule has 0 radical (unpaired) electrons. The van der Waals surface area contributed by atoms with Crippen LogP contribution in [0.5, 0.6) is 0 Å². The third kappa shape index (κ3) is 2.47. The van der Waals surface area contributed by atoms with Crippen molar-refractivity contribution in [2.75, 3.05) is 0 Å². The Morgan fingerprint density at radius 2 is 1.94 bits per heavy atom. The van der Waals surface area contributed by atoms with Crippen molar-refractivity contribution >= 4 is 22.9 Å². The Balaban J connectivity index is 2.45. The molecule has 1 aromatic heterocycles. The molecule has 0 bridgehead atoms. The minimum Gasteiger partial charge on any atom is -0.150 e. The van der Waals surface area contributed by atoms with E-state index in [-0.39, 0.29) is 0 Å². The molecule has 4 heteroatoms. The first kappa shape index (κ1) is 13.2. The number of hydrogen-bond acceptors (Lipinski definition) is 3. The molecule has 0 saturated heterocycles. The van der Waals surface area contributed by atoms with Gasteiger partial charge in [0, 0.05) is 20.3 Å². The molecule has 0 unspecified atom stereocenters. The predicted octanol–water partition coefficient (Wildman–Crippen LogP) is 5.38. The van der Waals surface area contributed by atoms with Crippen molar-refractivity contribution in [2.24, 2.45) is 5.18 Å². The monoisotopic (exact) mass is 279 g/mol. The van der Waals surface area contributed by atoms with Gasteiger partial charge in [-0.15, -0.1) is 16.2 Å². The van der Waals surface area contributed by atoms with Crippen molar-refractivity contribution in [1.29, 1.82) is 0 Å². The number of hydrogen-bond donors (Lipinski definition) is 0. The molecule has 1 aromatic carbocycles. The lowest BCUT2D eigenvalue weighted by Gasteiger charge is -2.17. The molecule has 0 atom stereocenters. The number of benzene rings is 1. The summed E-state index contributed by atoms with van der Waals surface area (Å²) in [5, 5.41) is 3.71. The van der Waals surface area contributed by atoms with Crippen molar-refractivity contribution in [2.45, 2.75) is 26.3 Å². The molecule has 0 amide bonds. The van der Waals surface area contributed by atoms with E-state index in [2.05, 4.69) is 24.2 Å². The van der Waals surface area contributed by atoms with Gasteiger partial charge in [0.05, 0.1) is 0 Å². The first-order valence-electron chi connectivity index (χ1n) is 5.65. The van der Waals surface area contributed by atoms with Gasteiger partial charge in [0.1, 0.15) is 5.54 Å². The van der Waals surface area contributed by atoms with E-state index in [1.807, 2.05) is 18.2 Å². The van der Waals surface area contributed by atoms with Crippen LogP contribution in [-0.4, -0.2) is 0 Å². The molecule has 0 aliphatic rings. The van der Waals surface area contributed by atoms with Crippen LogP contribution in [0.4, 0.5) is 0 Å². The highest BCUT2D eigenvalue weighted by Gasteiger charge is 2.24. The molecule has 0 aliphatic carbocycles. The van der Waals surface area contributed by atoms with Crippen molar-refractivity contribution < 1.29 is 0 Å². The fraction of sp³-hybridized carbons (Fsp3) is 0.286. The largest absolute Gasteiger partial charge is 0.150 e. The van der Waals surface area contributed by atoms with Gasteiger partial charge in [0.25, 0.3) is 0 Å². The van der Waals surface area contributed by atoms with Gasteiger partial charge in [0.15, 0.2) is 0 Å². The van der Waals surface area contributed by atoms with Gasteiger partial charge in [-0.1, -0.05) is 28.9 Å². The van der Waals surface area contributed by atoms with Crippen molar-refractivity contribution in [1.82, 2.24) is 0 Å². The summed E-state index contributed by atoms with van der Waals surface area (Å²) in [7, 11) is 0. The van der Waals surface area contributed by atoms with Gasteiger partial charge < -0.3 is 0 Å². The summed E-state index contributed by atoms with van der Waals surface area (Å²) >= 11 is 7.98. The lowest BCUT2D eigenvalue weighted by atomic mass is 9.94. The Morgan fingerprint density at radius 1 is 1.22 bits per heavy atom. The van der Waals surface area contributed by atoms with Crippen LogP contribution in [0.25, 0.3) is 10.4 Å². The molecule has 94 valence electrons. The van der Waals surface area contributed by atoms with Crippen LogP contribution in [0.15, 0.2) is 35.5 Å². The van der Waals surface area contributed by atoms with E-state index in [0.29, 0.717) is 5.02 Å². The fourth-order valence-electron chi connectivity index (χ4n) is 1.80. The molecule has 18 heavy (non-hydrogen) atoms. The van der Waals surface area contributed by atoms with Crippen LogP contribution in [0.2, 0.25) is 5.02 Å². The SMILES string of the molecule is Cc1ccc(-c2ccc(C(C)(C)N=O)c(Cl)c2)s1. The second kappa shape index (κ2) is 4.82. The number of nitroso groups, excluding NO2 is 1. The number of rotatable bonds is 3. The van der Waals surface area contributed by atoms with Gasteiger partial charge in [-0.3, -0.25) is 0 Å². The van der Waals surface area contributed by atoms with Gasteiger partial charge in [-0.2, -0.15) is 0 Å². The average Bonchev–Trinajstić information content (AvgIpc) is 2.75. The maximum atomic E-state index is 10.8. The predicted molar refractivity (Wildman–Crippen MR) is 78.3 cm³/mol. The van der Waals surface area contributed by atoms with Crippen molar-refractivity contribution in [3.8, 4) is 10.4 Å². The quantitative estimate of drug-likeness (QED) is 0.694.